The molecule has 2 aromatic rings. The van der Waals surface area contributed by atoms with Gasteiger partial charge in [0.05, 0.1) is 23.6 Å². The lowest BCUT2D eigenvalue weighted by atomic mass is 10.0. The number of thiophene rings is 1. The van der Waals surface area contributed by atoms with E-state index in [-0.39, 0.29) is 6.04 Å². The Bertz CT molecular complexity index is 559. The van der Waals surface area contributed by atoms with Crippen LogP contribution in [0, 0.1) is 0 Å². The third-order valence-electron chi connectivity index (χ3n) is 3.85. The van der Waals surface area contributed by atoms with Crippen LogP contribution in [-0.4, -0.2) is 11.5 Å². The summed E-state index contributed by atoms with van der Waals surface area (Å²) in [5.41, 5.74) is 9.45. The quantitative estimate of drug-likeness (QED) is 0.913. The Kier molecular flexibility index (Phi) is 3.29. The van der Waals surface area contributed by atoms with Crippen LogP contribution in [0.4, 0.5) is 5.69 Å². The molecule has 3 nitrogen and oxygen atoms in total. The minimum Gasteiger partial charge on any atom is -0.363 e. The average molecular weight is 273 g/mol. The van der Waals surface area contributed by atoms with Crippen molar-refractivity contribution in [1.82, 2.24) is 4.98 Å². The Morgan fingerprint density at radius 1 is 1.42 bits per heavy atom. The van der Waals surface area contributed by atoms with Crippen molar-refractivity contribution in [1.29, 1.82) is 0 Å². The Morgan fingerprint density at radius 3 is 2.95 bits per heavy atom. The molecule has 1 aliphatic heterocycles. The minimum atomic E-state index is -0.00342. The van der Waals surface area contributed by atoms with E-state index in [1.54, 1.807) is 0 Å². The second-order valence-corrected chi connectivity index (χ2v) is 6.15. The Morgan fingerprint density at radius 2 is 2.26 bits per heavy atom. The molecule has 4 heteroatoms. The Hall–Kier alpha value is -1.39. The van der Waals surface area contributed by atoms with E-state index in [4.69, 9.17) is 5.73 Å². The zero-order chi connectivity index (χ0) is 13.4. The maximum absolute atomic E-state index is 5.84. The third kappa shape index (κ3) is 2.26. The summed E-state index contributed by atoms with van der Waals surface area (Å²) in [6, 6.07) is 6.85. The molecule has 0 saturated carbocycles. The van der Waals surface area contributed by atoms with Gasteiger partial charge in [-0.3, -0.25) is 4.98 Å². The average Bonchev–Trinajstić information content (AvgIpc) is 2.88. The fourth-order valence-corrected chi connectivity index (χ4v) is 3.66. The van der Waals surface area contributed by atoms with Crippen LogP contribution >= 0.6 is 11.3 Å². The standard InChI is InChI=1S/C15H19N3S/c1-10(16)14-4-3-12(9-17-14)18-7-5-15-13(11(18)2)6-8-19-15/h3-4,6,8-11H,5,7,16H2,1-2H3/t10-,11?/m1/s1. The van der Waals surface area contributed by atoms with E-state index in [0.717, 1.165) is 18.7 Å². The fraction of sp³-hybridized carbons (Fsp3) is 0.400. The molecule has 2 atom stereocenters. The van der Waals surface area contributed by atoms with Crippen molar-refractivity contribution in [2.45, 2.75) is 32.4 Å². The lowest BCUT2D eigenvalue weighted by Crippen LogP contribution is -2.33. The molecule has 0 radical (unpaired) electrons. The first kappa shape index (κ1) is 12.6. The van der Waals surface area contributed by atoms with Crippen molar-refractivity contribution < 1.29 is 0 Å². The predicted octanol–water partition coefficient (Wildman–Crippen LogP) is 3.29. The van der Waals surface area contributed by atoms with E-state index in [9.17, 15) is 0 Å². The van der Waals surface area contributed by atoms with Crippen LogP contribution in [0.3, 0.4) is 0 Å². The van der Waals surface area contributed by atoms with E-state index >= 15 is 0 Å². The molecule has 0 amide bonds. The summed E-state index contributed by atoms with van der Waals surface area (Å²) in [4.78, 5) is 8.42. The number of nitrogens with two attached hydrogens (primary N) is 1. The van der Waals surface area contributed by atoms with Gasteiger partial charge in [0, 0.05) is 17.5 Å². The minimum absolute atomic E-state index is 0.00342. The molecule has 1 unspecified atom stereocenters. The van der Waals surface area contributed by atoms with Gasteiger partial charge in [-0.2, -0.15) is 0 Å². The van der Waals surface area contributed by atoms with E-state index in [2.05, 4.69) is 34.3 Å². The van der Waals surface area contributed by atoms with E-state index < -0.39 is 0 Å². The predicted molar refractivity (Wildman–Crippen MR) is 80.6 cm³/mol. The van der Waals surface area contributed by atoms with Gasteiger partial charge < -0.3 is 10.6 Å². The SMILES string of the molecule is CC1c2ccsc2CCN1c1ccc([C@@H](C)N)nc1. The summed E-state index contributed by atoms with van der Waals surface area (Å²) < 4.78 is 0. The van der Waals surface area contributed by atoms with Crippen molar-refractivity contribution in [3.8, 4) is 0 Å². The summed E-state index contributed by atoms with van der Waals surface area (Å²) in [6.07, 6.45) is 3.08. The van der Waals surface area contributed by atoms with Gasteiger partial charge in [0.25, 0.3) is 0 Å². The van der Waals surface area contributed by atoms with Crippen LogP contribution in [0.1, 0.15) is 42.1 Å². The summed E-state index contributed by atoms with van der Waals surface area (Å²) in [7, 11) is 0. The molecule has 19 heavy (non-hydrogen) atoms. The van der Waals surface area contributed by atoms with Crippen LogP contribution in [0.5, 0.6) is 0 Å². The first-order chi connectivity index (χ1) is 9.16. The maximum Gasteiger partial charge on any atom is 0.0569 e. The summed E-state index contributed by atoms with van der Waals surface area (Å²) in [5, 5.41) is 2.20. The van der Waals surface area contributed by atoms with Gasteiger partial charge in [0.15, 0.2) is 0 Å². The van der Waals surface area contributed by atoms with Gasteiger partial charge in [-0.25, -0.2) is 0 Å². The van der Waals surface area contributed by atoms with Crippen LogP contribution in [-0.2, 0) is 6.42 Å². The Balaban J connectivity index is 1.87. The highest BCUT2D eigenvalue weighted by Crippen LogP contribution is 2.35. The first-order valence-corrected chi connectivity index (χ1v) is 7.59. The number of rotatable bonds is 2. The smallest absolute Gasteiger partial charge is 0.0569 e. The molecule has 0 saturated heterocycles. The molecular formula is C15H19N3S. The molecule has 1 aliphatic rings. The molecule has 0 spiro atoms. The molecular weight excluding hydrogens is 254 g/mol. The monoisotopic (exact) mass is 273 g/mol. The van der Waals surface area contributed by atoms with Gasteiger partial charge in [-0.15, -0.1) is 11.3 Å². The van der Waals surface area contributed by atoms with Crippen molar-refractivity contribution in [2.75, 3.05) is 11.4 Å². The number of aromatic nitrogens is 1. The van der Waals surface area contributed by atoms with Crippen molar-refractivity contribution in [3.63, 3.8) is 0 Å². The van der Waals surface area contributed by atoms with E-state index in [1.807, 2.05) is 30.5 Å². The van der Waals surface area contributed by atoms with Crippen LogP contribution in [0.15, 0.2) is 29.8 Å². The lowest BCUT2D eigenvalue weighted by molar-refractivity contribution is 0.631. The maximum atomic E-state index is 5.84. The number of pyridine rings is 1. The van der Waals surface area contributed by atoms with E-state index in [1.165, 1.54) is 16.1 Å². The first-order valence-electron chi connectivity index (χ1n) is 6.71. The Labute approximate surface area is 118 Å². The molecule has 2 aromatic heterocycles. The van der Waals surface area contributed by atoms with Crippen molar-refractivity contribution >= 4 is 17.0 Å². The normalized spacial score (nSPS) is 20.2. The highest BCUT2D eigenvalue weighted by Gasteiger charge is 2.24. The summed E-state index contributed by atoms with van der Waals surface area (Å²) in [6.45, 7) is 5.29. The molecule has 100 valence electrons. The molecule has 3 rings (SSSR count). The highest BCUT2D eigenvalue weighted by molar-refractivity contribution is 7.10. The molecule has 2 N–H and O–H groups in total. The zero-order valence-corrected chi connectivity index (χ0v) is 12.2. The molecule has 3 heterocycles. The zero-order valence-electron chi connectivity index (χ0n) is 11.3. The topological polar surface area (TPSA) is 42.1 Å². The van der Waals surface area contributed by atoms with Gasteiger partial charge in [-0.05, 0) is 49.4 Å². The number of nitrogens with zero attached hydrogens (tertiary/aromatic N) is 2. The van der Waals surface area contributed by atoms with Crippen LogP contribution < -0.4 is 10.6 Å². The number of hydrogen-bond donors (Lipinski definition) is 1. The van der Waals surface area contributed by atoms with Crippen LogP contribution in [0.2, 0.25) is 0 Å². The third-order valence-corrected chi connectivity index (χ3v) is 4.84. The summed E-state index contributed by atoms with van der Waals surface area (Å²) >= 11 is 1.87. The van der Waals surface area contributed by atoms with Gasteiger partial charge >= 0.3 is 0 Å². The molecule has 0 bridgehead atoms. The van der Waals surface area contributed by atoms with Crippen molar-refractivity contribution in [3.05, 3.63) is 45.9 Å². The largest absolute Gasteiger partial charge is 0.363 e. The molecule has 0 aliphatic carbocycles. The van der Waals surface area contributed by atoms with E-state index in [0.29, 0.717) is 6.04 Å². The van der Waals surface area contributed by atoms with Crippen LogP contribution in [0.25, 0.3) is 0 Å². The lowest BCUT2D eigenvalue weighted by Gasteiger charge is -2.35. The highest BCUT2D eigenvalue weighted by atomic mass is 32.1. The number of hydrogen-bond acceptors (Lipinski definition) is 4. The molecule has 0 fully saturated rings. The van der Waals surface area contributed by atoms with Gasteiger partial charge in [0.2, 0.25) is 0 Å². The number of fused-ring (bicyclic) bond motifs is 1. The van der Waals surface area contributed by atoms with Crippen molar-refractivity contribution in [2.24, 2.45) is 5.73 Å². The second-order valence-electron chi connectivity index (χ2n) is 5.15. The fourth-order valence-electron chi connectivity index (χ4n) is 2.70. The van der Waals surface area contributed by atoms with Gasteiger partial charge in [0.1, 0.15) is 0 Å². The van der Waals surface area contributed by atoms with Gasteiger partial charge in [-0.1, -0.05) is 0 Å². The molecule has 0 aromatic carbocycles. The summed E-state index contributed by atoms with van der Waals surface area (Å²) in [5.74, 6) is 0. The second kappa shape index (κ2) is 4.94. The number of anilines is 1.